The van der Waals surface area contributed by atoms with Crippen molar-refractivity contribution in [3.8, 4) is 6.07 Å². The molecule has 212 valence electrons. The Balaban J connectivity index is 1.73. The molecule has 0 amide bonds. The summed E-state index contributed by atoms with van der Waals surface area (Å²) in [5, 5.41) is 16.5. The molecule has 40 heavy (non-hydrogen) atoms. The van der Waals surface area contributed by atoms with Gasteiger partial charge in [-0.1, -0.05) is 11.2 Å². The number of hydrogen-bond acceptors (Lipinski definition) is 9. The molecule has 1 aromatic heterocycles. The second-order valence-electron chi connectivity index (χ2n) is 9.55. The van der Waals surface area contributed by atoms with Gasteiger partial charge >= 0.3 is 0 Å². The van der Waals surface area contributed by atoms with Gasteiger partial charge < -0.3 is 24.2 Å². The normalized spacial score (nSPS) is 14.5. The van der Waals surface area contributed by atoms with Gasteiger partial charge in [-0.2, -0.15) is 5.26 Å². The number of rotatable bonds is 11. The van der Waals surface area contributed by atoms with Crippen molar-refractivity contribution in [3.63, 3.8) is 0 Å². The van der Waals surface area contributed by atoms with Crippen LogP contribution in [0.1, 0.15) is 42.3 Å². The number of nitriles is 1. The van der Waals surface area contributed by atoms with Crippen molar-refractivity contribution in [2.75, 3.05) is 43.7 Å². The largest absolute Gasteiger partial charge is 0.381 e. The van der Waals surface area contributed by atoms with E-state index in [1.165, 1.54) is 6.20 Å². The number of benzene rings is 2. The molecule has 2 N–H and O–H groups in total. The summed E-state index contributed by atoms with van der Waals surface area (Å²) >= 11 is 0. The molecule has 2 aromatic carbocycles. The molecule has 3 aromatic rings. The molecular weight excluding hydrogens is 530 g/mol. The summed E-state index contributed by atoms with van der Waals surface area (Å²) in [6.45, 7) is 7.72. The number of sulfonamides is 1. The zero-order valence-electron chi connectivity index (χ0n) is 23.2. The maximum atomic E-state index is 13.0. The summed E-state index contributed by atoms with van der Waals surface area (Å²) in [4.78, 5) is 2.40. The zero-order chi connectivity index (χ0) is 28.7. The Morgan fingerprint density at radius 1 is 1.20 bits per heavy atom. The van der Waals surface area contributed by atoms with E-state index in [1.54, 1.807) is 33.1 Å². The highest BCUT2D eigenvalue weighted by Gasteiger charge is 2.25. The van der Waals surface area contributed by atoms with Gasteiger partial charge in [-0.3, -0.25) is 4.72 Å². The van der Waals surface area contributed by atoms with Gasteiger partial charge in [0.15, 0.2) is 10.7 Å². The molecule has 0 saturated carbocycles. The van der Waals surface area contributed by atoms with Crippen molar-refractivity contribution >= 4 is 32.7 Å². The van der Waals surface area contributed by atoms with E-state index in [1.807, 2.05) is 30.3 Å². The highest BCUT2D eigenvalue weighted by molar-refractivity contribution is 7.89. The fourth-order valence-corrected chi connectivity index (χ4v) is 6.18. The number of anilines is 3. The number of aromatic nitrogens is 1. The monoisotopic (exact) mass is 565 g/mol. The number of ether oxygens (including phenoxy) is 2. The summed E-state index contributed by atoms with van der Waals surface area (Å²) in [5.41, 5.74) is 5.00. The molecule has 11 heteroatoms. The van der Waals surface area contributed by atoms with Gasteiger partial charge in [0, 0.05) is 50.4 Å². The first-order valence-corrected chi connectivity index (χ1v) is 14.6. The van der Waals surface area contributed by atoms with Crippen molar-refractivity contribution in [2.45, 2.75) is 44.6 Å². The van der Waals surface area contributed by atoms with Crippen molar-refractivity contribution in [1.82, 2.24) is 9.88 Å². The standard InChI is InChI=1S/C29H35N5O5S/c1-5-34(26-12-14-38-15-13-26)28-11-8-23(16-27(28)32-25-9-6-22(17-30)7-10-25)24(19-37-4)18-31-40(35,36)29-20(2)33-39-21(29)3/h6-11,16,18,26,31-32H,5,12-15,19H2,1-4H3/b24-18+. The Morgan fingerprint density at radius 3 is 2.52 bits per heavy atom. The lowest BCUT2D eigenvalue weighted by Gasteiger charge is -2.36. The lowest BCUT2D eigenvalue weighted by Crippen LogP contribution is -2.39. The van der Waals surface area contributed by atoms with Crippen molar-refractivity contribution in [3.05, 3.63) is 71.2 Å². The minimum atomic E-state index is -3.91. The fourth-order valence-electron chi connectivity index (χ4n) is 4.92. The SMILES string of the molecule is CCN(c1ccc(/C(=C/NS(=O)(=O)c2c(C)noc2C)COC)cc1Nc1ccc(C#N)cc1)C1CCOCC1. The Hall–Kier alpha value is -3.85. The second kappa shape index (κ2) is 13.0. The number of nitrogens with zero attached hydrogens (tertiary/aromatic N) is 3. The van der Waals surface area contributed by atoms with E-state index in [0.29, 0.717) is 17.2 Å². The third-order valence-corrected chi connectivity index (χ3v) is 8.42. The molecule has 0 atom stereocenters. The molecule has 1 aliphatic rings. The predicted octanol–water partition coefficient (Wildman–Crippen LogP) is 4.88. The quantitative estimate of drug-likeness (QED) is 0.334. The van der Waals surface area contributed by atoms with Crippen LogP contribution in [0.2, 0.25) is 0 Å². The van der Waals surface area contributed by atoms with E-state index in [9.17, 15) is 13.7 Å². The van der Waals surface area contributed by atoms with E-state index < -0.39 is 10.0 Å². The highest BCUT2D eigenvalue weighted by atomic mass is 32.2. The Labute approximate surface area is 235 Å². The molecule has 1 saturated heterocycles. The molecule has 1 fully saturated rings. The molecule has 0 spiro atoms. The second-order valence-corrected chi connectivity index (χ2v) is 11.2. The van der Waals surface area contributed by atoms with Crippen LogP contribution in [-0.2, 0) is 19.5 Å². The molecular formula is C29H35N5O5S. The first-order valence-electron chi connectivity index (χ1n) is 13.2. The summed E-state index contributed by atoms with van der Waals surface area (Å²) in [5.74, 6) is 0.220. The third-order valence-electron chi connectivity index (χ3n) is 6.87. The first kappa shape index (κ1) is 29.1. The average Bonchev–Trinajstić information content (AvgIpc) is 3.31. The molecule has 0 bridgehead atoms. The lowest BCUT2D eigenvalue weighted by atomic mass is 10.0. The maximum Gasteiger partial charge on any atom is 0.266 e. The van der Waals surface area contributed by atoms with Crippen LogP contribution in [0.25, 0.3) is 5.57 Å². The van der Waals surface area contributed by atoms with E-state index >= 15 is 0 Å². The summed E-state index contributed by atoms with van der Waals surface area (Å²) in [7, 11) is -2.34. The Morgan fingerprint density at radius 2 is 1.93 bits per heavy atom. The van der Waals surface area contributed by atoms with Crippen molar-refractivity contribution in [1.29, 1.82) is 5.26 Å². The maximum absolute atomic E-state index is 13.0. The Bertz CT molecular complexity index is 1470. The third kappa shape index (κ3) is 6.65. The summed E-state index contributed by atoms with van der Waals surface area (Å²) in [6.07, 6.45) is 3.32. The molecule has 1 aliphatic heterocycles. The van der Waals surface area contributed by atoms with Crippen LogP contribution < -0.4 is 14.9 Å². The molecule has 0 unspecified atom stereocenters. The number of methoxy groups -OCH3 is 1. The lowest BCUT2D eigenvalue weighted by molar-refractivity contribution is 0.0846. The molecule has 0 radical (unpaired) electrons. The number of hydrogen-bond donors (Lipinski definition) is 2. The van der Waals surface area contributed by atoms with Gasteiger partial charge in [-0.15, -0.1) is 0 Å². The van der Waals surface area contributed by atoms with Crippen LogP contribution in [0.5, 0.6) is 0 Å². The van der Waals surface area contributed by atoms with Crippen LogP contribution in [0, 0.1) is 25.2 Å². The summed E-state index contributed by atoms with van der Waals surface area (Å²) in [6, 6.07) is 15.7. The Kier molecular flexibility index (Phi) is 9.47. The van der Waals surface area contributed by atoms with Crippen LogP contribution >= 0.6 is 0 Å². The van der Waals surface area contributed by atoms with Gasteiger partial charge in [0.05, 0.1) is 29.6 Å². The minimum absolute atomic E-state index is 0.0223. The van der Waals surface area contributed by atoms with Gasteiger partial charge in [0.1, 0.15) is 5.69 Å². The van der Waals surface area contributed by atoms with Gasteiger partial charge in [-0.05, 0) is 75.6 Å². The van der Waals surface area contributed by atoms with E-state index in [2.05, 4.69) is 33.1 Å². The zero-order valence-corrected chi connectivity index (χ0v) is 24.0. The fraction of sp³-hybridized carbons (Fsp3) is 0.379. The molecule has 10 nitrogen and oxygen atoms in total. The topological polar surface area (TPSA) is 130 Å². The van der Waals surface area contributed by atoms with Crippen LogP contribution in [0.4, 0.5) is 17.1 Å². The van der Waals surface area contributed by atoms with Crippen molar-refractivity contribution < 1.29 is 22.4 Å². The summed E-state index contributed by atoms with van der Waals surface area (Å²) < 4.78 is 44.7. The first-order chi connectivity index (χ1) is 19.3. The molecule has 2 heterocycles. The highest BCUT2D eigenvalue weighted by Crippen LogP contribution is 2.35. The smallest absolute Gasteiger partial charge is 0.266 e. The van der Waals surface area contributed by atoms with E-state index in [-0.39, 0.29) is 23.0 Å². The minimum Gasteiger partial charge on any atom is -0.381 e. The van der Waals surface area contributed by atoms with Crippen LogP contribution in [0.15, 0.2) is 58.1 Å². The average molecular weight is 566 g/mol. The predicted molar refractivity (Wildman–Crippen MR) is 154 cm³/mol. The number of aryl methyl sites for hydroxylation is 2. The number of nitrogens with one attached hydrogen (secondary N) is 2. The van der Waals surface area contributed by atoms with Gasteiger partial charge in [0.25, 0.3) is 10.0 Å². The van der Waals surface area contributed by atoms with Crippen LogP contribution in [-0.4, -0.2) is 53.1 Å². The van der Waals surface area contributed by atoms with Crippen molar-refractivity contribution in [2.24, 2.45) is 0 Å². The van der Waals surface area contributed by atoms with E-state index in [0.717, 1.165) is 55.2 Å². The van der Waals surface area contributed by atoms with Crippen LogP contribution in [0.3, 0.4) is 0 Å². The van der Waals surface area contributed by atoms with Gasteiger partial charge in [-0.25, -0.2) is 8.42 Å². The van der Waals surface area contributed by atoms with Gasteiger partial charge in [0.2, 0.25) is 0 Å². The molecule has 0 aliphatic carbocycles. The molecule has 4 rings (SSSR count). The van der Waals surface area contributed by atoms with E-state index in [4.69, 9.17) is 14.0 Å².